The molecular formula is C24H31N5O3S. The number of nitriles is 1. The minimum atomic E-state index is -0.335. The van der Waals surface area contributed by atoms with E-state index in [-0.39, 0.29) is 11.3 Å². The fraction of sp³-hybridized carbons (Fsp3) is 0.542. The molecule has 2 aromatic rings. The van der Waals surface area contributed by atoms with Gasteiger partial charge >= 0.3 is 0 Å². The van der Waals surface area contributed by atoms with Crippen LogP contribution in [0.3, 0.4) is 0 Å². The summed E-state index contributed by atoms with van der Waals surface area (Å²) in [6.07, 6.45) is 5.27. The average molecular weight is 470 g/mol. The van der Waals surface area contributed by atoms with E-state index < -0.39 is 0 Å². The second-order valence-corrected chi connectivity index (χ2v) is 9.69. The Kier molecular flexibility index (Phi) is 6.86. The molecule has 2 fully saturated rings. The van der Waals surface area contributed by atoms with E-state index in [9.17, 15) is 10.1 Å². The lowest BCUT2D eigenvalue weighted by atomic mass is 9.81. The van der Waals surface area contributed by atoms with Crippen LogP contribution in [0.25, 0.3) is 10.9 Å². The molecule has 1 aromatic carbocycles. The van der Waals surface area contributed by atoms with Crippen LogP contribution >= 0.6 is 11.9 Å². The van der Waals surface area contributed by atoms with Crippen LogP contribution in [0.4, 0.5) is 5.69 Å². The van der Waals surface area contributed by atoms with E-state index in [1.54, 1.807) is 32.4 Å². The summed E-state index contributed by atoms with van der Waals surface area (Å²) in [5.74, 6) is 1.21. The smallest absolute Gasteiger partial charge is 0.257 e. The first-order valence-electron chi connectivity index (χ1n) is 11.2. The van der Waals surface area contributed by atoms with E-state index in [1.165, 1.54) is 0 Å². The number of carbonyl (C=O) groups is 1. The van der Waals surface area contributed by atoms with Gasteiger partial charge in [-0.1, -0.05) is 11.9 Å². The van der Waals surface area contributed by atoms with Crippen molar-refractivity contribution in [3.05, 3.63) is 23.9 Å². The number of rotatable bonds is 5. The van der Waals surface area contributed by atoms with Crippen molar-refractivity contribution in [3.8, 4) is 17.6 Å². The van der Waals surface area contributed by atoms with Crippen LogP contribution in [0.5, 0.6) is 11.5 Å². The zero-order chi connectivity index (χ0) is 23.6. The monoisotopic (exact) mass is 469 g/mol. The van der Waals surface area contributed by atoms with Crippen LogP contribution in [-0.2, 0) is 0 Å². The van der Waals surface area contributed by atoms with E-state index in [2.05, 4.69) is 26.5 Å². The van der Waals surface area contributed by atoms with Gasteiger partial charge in [0.15, 0.2) is 11.5 Å². The molecule has 0 radical (unpaired) electrons. The van der Waals surface area contributed by atoms with Crippen molar-refractivity contribution < 1.29 is 14.3 Å². The Hall–Kier alpha value is -2.70. The number of ether oxygens (including phenoxy) is 2. The first-order chi connectivity index (χ1) is 15.9. The Morgan fingerprint density at radius 3 is 2.30 bits per heavy atom. The number of nitrogens with zero attached hydrogens (tertiary/aromatic N) is 5. The number of pyridine rings is 1. The van der Waals surface area contributed by atoms with Crippen molar-refractivity contribution in [2.45, 2.75) is 19.8 Å². The maximum absolute atomic E-state index is 13.7. The number of aromatic nitrogens is 1. The summed E-state index contributed by atoms with van der Waals surface area (Å²) >= 11 is 1.72. The number of carbonyl (C=O) groups excluding carboxylic acids is 1. The van der Waals surface area contributed by atoms with Crippen LogP contribution in [0.15, 0.2) is 18.3 Å². The van der Waals surface area contributed by atoms with Gasteiger partial charge in [-0.15, -0.1) is 0 Å². The van der Waals surface area contributed by atoms with E-state index in [0.29, 0.717) is 43.2 Å². The number of piperidine rings is 1. The van der Waals surface area contributed by atoms with Crippen LogP contribution in [0.1, 0.15) is 30.1 Å². The molecule has 0 atom stereocenters. The van der Waals surface area contributed by atoms with Crippen molar-refractivity contribution >= 4 is 34.4 Å². The largest absolute Gasteiger partial charge is 0.493 e. The quantitative estimate of drug-likeness (QED) is 0.616. The number of benzene rings is 1. The fourth-order valence-electron chi connectivity index (χ4n) is 4.58. The Morgan fingerprint density at radius 2 is 1.73 bits per heavy atom. The normalized spacial score (nSPS) is 18.8. The van der Waals surface area contributed by atoms with Gasteiger partial charge in [0.2, 0.25) is 0 Å². The summed E-state index contributed by atoms with van der Waals surface area (Å²) in [5, 5.41) is 10.4. The number of piperazine rings is 1. The highest BCUT2D eigenvalue weighted by Gasteiger charge is 2.33. The number of fused-ring (bicyclic) bond motifs is 1. The summed E-state index contributed by atoms with van der Waals surface area (Å²) in [7, 11) is 3.21. The molecule has 33 heavy (non-hydrogen) atoms. The molecule has 3 heterocycles. The average Bonchev–Trinajstić information content (AvgIpc) is 2.87. The summed E-state index contributed by atoms with van der Waals surface area (Å²) in [6.45, 7) is 6.50. The van der Waals surface area contributed by atoms with Gasteiger partial charge in [0.05, 0.1) is 42.5 Å². The Labute approximate surface area is 199 Å². The standard InChI is InChI=1S/C24H31N5O3S/c1-24(16-25)5-7-27(8-6-24)22-17-13-20(31-2)21(32-3)14-19(17)26-15-18(22)23(30)28-9-11-29(33-4)12-10-28/h13-15H,5-12H2,1-4H3. The first kappa shape index (κ1) is 23.5. The fourth-order valence-corrected chi connectivity index (χ4v) is 5.11. The molecule has 176 valence electrons. The molecule has 2 aliphatic heterocycles. The SMILES string of the molecule is COc1cc2ncc(C(=O)N3CCN(SC)CC3)c(N3CCC(C)(C#N)CC3)c2cc1OC. The second-order valence-electron chi connectivity index (χ2n) is 8.81. The van der Waals surface area contributed by atoms with E-state index in [4.69, 9.17) is 9.47 Å². The maximum Gasteiger partial charge on any atom is 0.257 e. The third-order valence-corrected chi connectivity index (χ3v) is 7.69. The maximum atomic E-state index is 13.7. The van der Waals surface area contributed by atoms with Crippen molar-refractivity contribution in [2.75, 3.05) is 64.6 Å². The number of hydrogen-bond donors (Lipinski definition) is 0. The molecule has 1 aromatic heterocycles. The zero-order valence-electron chi connectivity index (χ0n) is 19.8. The summed E-state index contributed by atoms with van der Waals surface area (Å²) in [6, 6.07) is 6.23. The third kappa shape index (κ3) is 4.55. The molecule has 9 heteroatoms. The van der Waals surface area contributed by atoms with Crippen molar-refractivity contribution in [1.29, 1.82) is 5.26 Å². The van der Waals surface area contributed by atoms with E-state index in [1.807, 2.05) is 24.0 Å². The lowest BCUT2D eigenvalue weighted by Gasteiger charge is -2.38. The van der Waals surface area contributed by atoms with Crippen molar-refractivity contribution in [2.24, 2.45) is 5.41 Å². The van der Waals surface area contributed by atoms with Gasteiger partial charge in [-0.25, -0.2) is 4.31 Å². The Balaban J connectivity index is 1.78. The summed E-state index contributed by atoms with van der Waals surface area (Å²) in [4.78, 5) is 22.5. The van der Waals surface area contributed by atoms with Crippen LogP contribution in [0, 0.1) is 16.7 Å². The van der Waals surface area contributed by atoms with Gasteiger partial charge in [0.25, 0.3) is 5.91 Å². The van der Waals surface area contributed by atoms with Crippen LogP contribution < -0.4 is 14.4 Å². The lowest BCUT2D eigenvalue weighted by Crippen LogP contribution is -2.47. The molecule has 2 saturated heterocycles. The minimum Gasteiger partial charge on any atom is -0.493 e. The number of anilines is 1. The summed E-state index contributed by atoms with van der Waals surface area (Å²) in [5.41, 5.74) is 1.89. The molecule has 0 saturated carbocycles. The van der Waals surface area contributed by atoms with Gasteiger partial charge in [-0.2, -0.15) is 5.26 Å². The predicted molar refractivity (Wildman–Crippen MR) is 131 cm³/mol. The van der Waals surface area contributed by atoms with E-state index in [0.717, 1.165) is 42.5 Å². The highest BCUT2D eigenvalue weighted by atomic mass is 32.2. The molecule has 1 amide bonds. The molecule has 0 bridgehead atoms. The summed E-state index contributed by atoms with van der Waals surface area (Å²) < 4.78 is 13.3. The molecular weight excluding hydrogens is 438 g/mol. The van der Waals surface area contributed by atoms with Gasteiger partial charge in [0, 0.05) is 56.9 Å². The van der Waals surface area contributed by atoms with Gasteiger partial charge in [0.1, 0.15) is 0 Å². The van der Waals surface area contributed by atoms with E-state index >= 15 is 0 Å². The second kappa shape index (κ2) is 9.65. The van der Waals surface area contributed by atoms with Crippen molar-refractivity contribution in [1.82, 2.24) is 14.2 Å². The number of amides is 1. The Morgan fingerprint density at radius 1 is 1.09 bits per heavy atom. The van der Waals surface area contributed by atoms with Gasteiger partial charge < -0.3 is 19.3 Å². The predicted octanol–water partition coefficient (Wildman–Crippen LogP) is 3.42. The molecule has 2 aliphatic rings. The molecule has 8 nitrogen and oxygen atoms in total. The topological polar surface area (TPSA) is 81.9 Å². The Bertz CT molecular complexity index is 1070. The van der Waals surface area contributed by atoms with Crippen LogP contribution in [0.2, 0.25) is 0 Å². The van der Waals surface area contributed by atoms with Crippen LogP contribution in [-0.4, -0.2) is 79.8 Å². The third-order valence-electron chi connectivity index (χ3n) is 6.81. The lowest BCUT2D eigenvalue weighted by molar-refractivity contribution is 0.0704. The van der Waals surface area contributed by atoms with Crippen molar-refractivity contribution in [3.63, 3.8) is 0 Å². The van der Waals surface area contributed by atoms with Gasteiger partial charge in [-0.05, 0) is 32.1 Å². The molecule has 4 rings (SSSR count). The number of methoxy groups -OCH3 is 2. The number of hydrogen-bond acceptors (Lipinski definition) is 8. The zero-order valence-corrected chi connectivity index (χ0v) is 20.6. The highest BCUT2D eigenvalue weighted by molar-refractivity contribution is 7.96. The minimum absolute atomic E-state index is 0.00329. The first-order valence-corrected chi connectivity index (χ1v) is 12.4. The highest BCUT2D eigenvalue weighted by Crippen LogP contribution is 2.40. The molecule has 0 spiro atoms. The van der Waals surface area contributed by atoms with Gasteiger partial charge in [-0.3, -0.25) is 9.78 Å². The molecule has 0 aliphatic carbocycles. The molecule has 0 N–H and O–H groups in total. The molecule has 0 unspecified atom stereocenters.